The average Bonchev–Trinajstić information content (AvgIpc) is 2.54. The van der Waals surface area contributed by atoms with Gasteiger partial charge in [-0.3, -0.25) is 4.79 Å². The zero-order chi connectivity index (χ0) is 17.5. The van der Waals surface area contributed by atoms with Crippen LogP contribution in [-0.4, -0.2) is 36.4 Å². The van der Waals surface area contributed by atoms with Gasteiger partial charge in [-0.15, -0.1) is 0 Å². The summed E-state index contributed by atoms with van der Waals surface area (Å²) in [6, 6.07) is 3.88. The molecule has 0 unspecified atom stereocenters. The molecule has 0 atom stereocenters. The maximum Gasteiger partial charge on any atom is 0.224 e. The molecule has 1 aromatic carbocycles. The normalized spacial score (nSPS) is 20.5. The highest BCUT2D eigenvalue weighted by Crippen LogP contribution is 2.34. The van der Waals surface area contributed by atoms with Crippen LogP contribution in [0.2, 0.25) is 0 Å². The molecule has 0 aromatic heterocycles. The molecule has 5 nitrogen and oxygen atoms in total. The van der Waals surface area contributed by atoms with E-state index in [9.17, 15) is 9.90 Å². The van der Waals surface area contributed by atoms with Gasteiger partial charge in [-0.2, -0.15) is 0 Å². The number of carbonyl (C=O) groups excluding carboxylic acids is 1. The summed E-state index contributed by atoms with van der Waals surface area (Å²) in [4.78, 5) is 12.3. The number of ether oxygens (including phenoxy) is 2. The van der Waals surface area contributed by atoms with Crippen molar-refractivity contribution in [2.45, 2.75) is 58.1 Å². The molecular weight excluding hydrogens is 374 g/mol. The molecule has 24 heavy (non-hydrogen) atoms. The van der Waals surface area contributed by atoms with Crippen LogP contribution < -0.4 is 14.8 Å². The van der Waals surface area contributed by atoms with Crippen molar-refractivity contribution in [2.24, 2.45) is 0 Å². The first-order chi connectivity index (χ1) is 11.5. The predicted molar refractivity (Wildman–Crippen MR) is 96.6 cm³/mol. The van der Waals surface area contributed by atoms with E-state index in [0.29, 0.717) is 24.7 Å². The maximum atomic E-state index is 12.3. The lowest BCUT2D eigenvalue weighted by molar-refractivity contribution is -0.121. The molecule has 1 amide bonds. The largest absolute Gasteiger partial charge is 0.490 e. The summed E-state index contributed by atoms with van der Waals surface area (Å²) in [5, 5.41) is 12.6. The minimum Gasteiger partial charge on any atom is -0.490 e. The highest BCUT2D eigenvalue weighted by atomic mass is 79.9. The number of aliphatic hydroxyl groups excluding tert-OH is 1. The monoisotopic (exact) mass is 399 g/mol. The van der Waals surface area contributed by atoms with E-state index in [4.69, 9.17) is 9.47 Å². The maximum absolute atomic E-state index is 12.3. The van der Waals surface area contributed by atoms with Gasteiger partial charge in [0.1, 0.15) is 0 Å². The lowest BCUT2D eigenvalue weighted by Crippen LogP contribution is -2.39. The molecule has 1 saturated carbocycles. The van der Waals surface area contributed by atoms with Gasteiger partial charge < -0.3 is 19.9 Å². The Morgan fingerprint density at radius 2 is 1.75 bits per heavy atom. The molecule has 1 aliphatic carbocycles. The summed E-state index contributed by atoms with van der Waals surface area (Å²) >= 11 is 3.52. The van der Waals surface area contributed by atoms with Gasteiger partial charge in [0.15, 0.2) is 11.5 Å². The zero-order valence-corrected chi connectivity index (χ0v) is 15.9. The predicted octanol–water partition coefficient (Wildman–Crippen LogP) is 3.21. The third kappa shape index (κ3) is 5.38. The number of carbonyl (C=O) groups is 1. The van der Waals surface area contributed by atoms with Gasteiger partial charge in [0.05, 0.1) is 25.7 Å². The second-order valence-corrected chi connectivity index (χ2v) is 6.86. The van der Waals surface area contributed by atoms with Crippen LogP contribution in [0.3, 0.4) is 0 Å². The SMILES string of the molecule is CCOc1cc(Br)c(CC(=O)NC2CCC(O)CC2)cc1OCC. The molecule has 0 radical (unpaired) electrons. The Hall–Kier alpha value is -1.27. The molecular formula is C18H26BrNO4. The van der Waals surface area contributed by atoms with Crippen molar-refractivity contribution < 1.29 is 19.4 Å². The van der Waals surface area contributed by atoms with Crippen molar-refractivity contribution in [3.05, 3.63) is 22.2 Å². The third-order valence-corrected chi connectivity index (χ3v) is 4.86. The molecule has 2 N–H and O–H groups in total. The number of rotatable bonds is 7. The zero-order valence-electron chi connectivity index (χ0n) is 14.3. The standard InChI is InChI=1S/C18H26BrNO4/c1-3-23-16-9-12(15(19)11-17(16)24-4-2)10-18(22)20-13-5-7-14(21)8-6-13/h9,11,13-14,21H,3-8,10H2,1-2H3,(H,20,22). The summed E-state index contributed by atoms with van der Waals surface area (Å²) < 4.78 is 12.0. The number of amides is 1. The molecule has 1 aromatic rings. The fraction of sp³-hybridized carbons (Fsp3) is 0.611. The van der Waals surface area contributed by atoms with Gasteiger partial charge in [-0.05, 0) is 57.2 Å². The Morgan fingerprint density at radius 1 is 1.17 bits per heavy atom. The van der Waals surface area contributed by atoms with Crippen LogP contribution in [0.5, 0.6) is 11.5 Å². The highest BCUT2D eigenvalue weighted by molar-refractivity contribution is 9.10. The molecule has 0 heterocycles. The Bertz CT molecular complexity index is 556. The summed E-state index contributed by atoms with van der Waals surface area (Å²) in [5.41, 5.74) is 0.871. The first-order valence-corrected chi connectivity index (χ1v) is 9.38. The first-order valence-electron chi connectivity index (χ1n) is 8.58. The Kier molecular flexibility index (Phi) is 7.37. The molecule has 2 rings (SSSR count). The Labute approximate surface area is 151 Å². The minimum atomic E-state index is -0.216. The number of hydrogen-bond donors (Lipinski definition) is 2. The number of benzene rings is 1. The molecule has 0 saturated heterocycles. The number of hydrogen-bond acceptors (Lipinski definition) is 4. The van der Waals surface area contributed by atoms with Crippen molar-refractivity contribution in [3.8, 4) is 11.5 Å². The summed E-state index contributed by atoms with van der Waals surface area (Å²) in [6.07, 6.45) is 3.25. The van der Waals surface area contributed by atoms with Crippen LogP contribution in [0, 0.1) is 0 Å². The molecule has 1 fully saturated rings. The van der Waals surface area contributed by atoms with E-state index in [2.05, 4.69) is 21.2 Å². The smallest absolute Gasteiger partial charge is 0.224 e. The Morgan fingerprint density at radius 3 is 2.33 bits per heavy atom. The van der Waals surface area contributed by atoms with Crippen LogP contribution in [0.15, 0.2) is 16.6 Å². The number of halogens is 1. The minimum absolute atomic E-state index is 0.0105. The van der Waals surface area contributed by atoms with E-state index in [0.717, 1.165) is 35.7 Å². The lowest BCUT2D eigenvalue weighted by Gasteiger charge is -2.26. The number of nitrogens with one attached hydrogen (secondary N) is 1. The third-order valence-electron chi connectivity index (χ3n) is 4.13. The van der Waals surface area contributed by atoms with E-state index in [1.54, 1.807) is 0 Å². The summed E-state index contributed by atoms with van der Waals surface area (Å²) in [5.74, 6) is 1.33. The van der Waals surface area contributed by atoms with E-state index in [1.807, 2.05) is 26.0 Å². The van der Waals surface area contributed by atoms with Crippen molar-refractivity contribution >= 4 is 21.8 Å². The Balaban J connectivity index is 2.02. The van der Waals surface area contributed by atoms with E-state index in [1.165, 1.54) is 0 Å². The van der Waals surface area contributed by atoms with Crippen molar-refractivity contribution in [1.82, 2.24) is 5.32 Å². The highest BCUT2D eigenvalue weighted by Gasteiger charge is 2.21. The van der Waals surface area contributed by atoms with Gasteiger partial charge in [-0.1, -0.05) is 15.9 Å². The van der Waals surface area contributed by atoms with Crippen molar-refractivity contribution in [1.29, 1.82) is 0 Å². The van der Waals surface area contributed by atoms with E-state index >= 15 is 0 Å². The number of aliphatic hydroxyl groups is 1. The fourth-order valence-electron chi connectivity index (χ4n) is 2.92. The molecule has 0 spiro atoms. The van der Waals surface area contributed by atoms with Gasteiger partial charge >= 0.3 is 0 Å². The van der Waals surface area contributed by atoms with E-state index < -0.39 is 0 Å². The van der Waals surface area contributed by atoms with Crippen LogP contribution >= 0.6 is 15.9 Å². The summed E-state index contributed by atoms with van der Waals surface area (Å²) in [7, 11) is 0. The van der Waals surface area contributed by atoms with Gasteiger partial charge in [-0.25, -0.2) is 0 Å². The van der Waals surface area contributed by atoms with Crippen LogP contribution in [0.1, 0.15) is 45.1 Å². The molecule has 134 valence electrons. The molecule has 1 aliphatic rings. The van der Waals surface area contributed by atoms with Gasteiger partial charge in [0.2, 0.25) is 5.91 Å². The second kappa shape index (κ2) is 9.28. The molecule has 0 bridgehead atoms. The summed E-state index contributed by atoms with van der Waals surface area (Å²) in [6.45, 7) is 4.94. The van der Waals surface area contributed by atoms with Crippen LogP contribution in [0.4, 0.5) is 0 Å². The second-order valence-electron chi connectivity index (χ2n) is 6.01. The van der Waals surface area contributed by atoms with Crippen LogP contribution in [0.25, 0.3) is 0 Å². The quantitative estimate of drug-likeness (QED) is 0.738. The topological polar surface area (TPSA) is 67.8 Å². The van der Waals surface area contributed by atoms with Crippen molar-refractivity contribution in [3.63, 3.8) is 0 Å². The van der Waals surface area contributed by atoms with Crippen LogP contribution in [-0.2, 0) is 11.2 Å². The van der Waals surface area contributed by atoms with Crippen molar-refractivity contribution in [2.75, 3.05) is 13.2 Å². The van der Waals surface area contributed by atoms with E-state index in [-0.39, 0.29) is 24.5 Å². The fourth-order valence-corrected chi connectivity index (χ4v) is 3.38. The van der Waals surface area contributed by atoms with Gasteiger partial charge in [0.25, 0.3) is 0 Å². The average molecular weight is 400 g/mol. The van der Waals surface area contributed by atoms with Gasteiger partial charge in [0, 0.05) is 10.5 Å². The first kappa shape index (κ1) is 19.1. The lowest BCUT2D eigenvalue weighted by atomic mass is 9.93. The molecule has 0 aliphatic heterocycles. The molecule has 6 heteroatoms.